The Morgan fingerprint density at radius 1 is 1.03 bits per heavy atom. The van der Waals surface area contributed by atoms with Gasteiger partial charge in [-0.25, -0.2) is 4.79 Å². The molecule has 3 unspecified atom stereocenters. The van der Waals surface area contributed by atoms with Gasteiger partial charge in [-0.2, -0.15) is 0 Å². The largest absolute Gasteiger partial charge is 0.481 e. The number of benzene rings is 2. The highest BCUT2D eigenvalue weighted by Crippen LogP contribution is 2.44. The Hall–Kier alpha value is -3.35. The second-order valence-corrected chi connectivity index (χ2v) is 8.64. The van der Waals surface area contributed by atoms with E-state index in [1.165, 1.54) is 0 Å². The summed E-state index contributed by atoms with van der Waals surface area (Å²) in [6, 6.07) is 14.8. The molecule has 0 aromatic heterocycles. The van der Waals surface area contributed by atoms with Crippen molar-refractivity contribution in [3.05, 3.63) is 59.7 Å². The molecule has 32 heavy (non-hydrogen) atoms. The molecule has 0 heterocycles. The summed E-state index contributed by atoms with van der Waals surface area (Å²) >= 11 is 0. The van der Waals surface area contributed by atoms with Gasteiger partial charge in [0.2, 0.25) is 5.91 Å². The number of rotatable bonds is 7. The molecule has 2 aromatic carbocycles. The molecule has 3 N–H and O–H groups in total. The number of carbonyl (C=O) groups is 3. The van der Waals surface area contributed by atoms with Crippen molar-refractivity contribution in [2.45, 2.75) is 50.6 Å². The van der Waals surface area contributed by atoms with Crippen molar-refractivity contribution in [2.24, 2.45) is 5.92 Å². The Kier molecular flexibility index (Phi) is 6.44. The molecule has 0 spiro atoms. The number of nitrogens with one attached hydrogen (secondary N) is 2. The first-order valence-electron chi connectivity index (χ1n) is 11.1. The van der Waals surface area contributed by atoms with Crippen LogP contribution in [0.2, 0.25) is 0 Å². The van der Waals surface area contributed by atoms with Gasteiger partial charge in [-0.3, -0.25) is 9.59 Å². The van der Waals surface area contributed by atoms with E-state index in [1.807, 2.05) is 48.5 Å². The number of alkyl carbamates (subject to hydrolysis) is 1. The van der Waals surface area contributed by atoms with E-state index in [4.69, 9.17) is 4.74 Å². The van der Waals surface area contributed by atoms with Crippen molar-refractivity contribution in [3.8, 4) is 11.1 Å². The van der Waals surface area contributed by atoms with Crippen LogP contribution in [0.15, 0.2) is 48.5 Å². The molecular formula is C25H28N2O5. The molecular weight excluding hydrogens is 408 g/mol. The molecule has 2 aliphatic rings. The lowest BCUT2D eigenvalue weighted by Crippen LogP contribution is -2.51. The lowest BCUT2D eigenvalue weighted by Gasteiger charge is -2.22. The van der Waals surface area contributed by atoms with Gasteiger partial charge in [0, 0.05) is 12.0 Å². The van der Waals surface area contributed by atoms with E-state index in [2.05, 4.69) is 17.6 Å². The molecule has 1 fully saturated rings. The van der Waals surface area contributed by atoms with Crippen LogP contribution in [-0.2, 0) is 14.3 Å². The number of aliphatic carboxylic acids is 1. The number of carboxylic acids is 1. The van der Waals surface area contributed by atoms with E-state index < -0.39 is 30.4 Å². The van der Waals surface area contributed by atoms with E-state index in [0.717, 1.165) is 41.5 Å². The van der Waals surface area contributed by atoms with Gasteiger partial charge in [0.1, 0.15) is 12.6 Å². The van der Waals surface area contributed by atoms with Crippen LogP contribution in [0.3, 0.4) is 0 Å². The number of hydrogen-bond acceptors (Lipinski definition) is 4. The normalized spacial score (nSPS) is 20.2. The first-order chi connectivity index (χ1) is 15.4. The lowest BCUT2D eigenvalue weighted by molar-refractivity contribution is -0.140. The van der Waals surface area contributed by atoms with Gasteiger partial charge in [0.05, 0.1) is 6.42 Å². The first kappa shape index (κ1) is 21.9. The van der Waals surface area contributed by atoms with Gasteiger partial charge < -0.3 is 20.5 Å². The van der Waals surface area contributed by atoms with Gasteiger partial charge in [-0.1, -0.05) is 61.9 Å². The fourth-order valence-electron chi connectivity index (χ4n) is 4.81. The summed E-state index contributed by atoms with van der Waals surface area (Å²) in [5.74, 6) is -1.43. The van der Waals surface area contributed by atoms with Gasteiger partial charge in [-0.15, -0.1) is 0 Å². The van der Waals surface area contributed by atoms with Crippen LogP contribution in [-0.4, -0.2) is 41.8 Å². The summed E-state index contributed by atoms with van der Waals surface area (Å²) in [5.41, 5.74) is 4.39. The summed E-state index contributed by atoms with van der Waals surface area (Å²) in [5, 5.41) is 14.6. The summed E-state index contributed by atoms with van der Waals surface area (Å²) in [6.07, 6.45) is 1.60. The monoisotopic (exact) mass is 436 g/mol. The average molecular weight is 437 g/mol. The fourth-order valence-corrected chi connectivity index (χ4v) is 4.81. The molecule has 0 bridgehead atoms. The van der Waals surface area contributed by atoms with Gasteiger partial charge in [0.25, 0.3) is 0 Å². The summed E-state index contributed by atoms with van der Waals surface area (Å²) in [7, 11) is 0. The fraction of sp³-hybridized carbons (Fsp3) is 0.400. The molecule has 1 saturated carbocycles. The summed E-state index contributed by atoms with van der Waals surface area (Å²) in [6.45, 7) is 2.16. The number of carbonyl (C=O) groups excluding carboxylic acids is 2. The molecule has 7 nitrogen and oxygen atoms in total. The maximum atomic E-state index is 12.7. The minimum atomic E-state index is -1.18. The third kappa shape index (κ3) is 4.61. The summed E-state index contributed by atoms with van der Waals surface area (Å²) < 4.78 is 5.47. The lowest BCUT2D eigenvalue weighted by atomic mass is 9.98. The van der Waals surface area contributed by atoms with Crippen LogP contribution in [0.4, 0.5) is 4.79 Å². The van der Waals surface area contributed by atoms with E-state index in [0.29, 0.717) is 5.92 Å². The van der Waals surface area contributed by atoms with E-state index in [1.54, 1.807) is 0 Å². The molecule has 0 aliphatic heterocycles. The molecule has 0 saturated heterocycles. The third-order valence-electron chi connectivity index (χ3n) is 6.52. The van der Waals surface area contributed by atoms with Crippen molar-refractivity contribution in [2.75, 3.05) is 6.61 Å². The van der Waals surface area contributed by atoms with Gasteiger partial charge in [0.15, 0.2) is 0 Å². The Balaban J connectivity index is 1.40. The van der Waals surface area contributed by atoms with Crippen LogP contribution in [0.25, 0.3) is 11.1 Å². The SMILES string of the molecule is CC1CCCC1NC(=O)C(CC(=O)O)NC(=O)OCC1c2ccccc2-c2ccccc21. The standard InChI is InChI=1S/C25H28N2O5/c1-15-7-6-12-21(15)26-24(30)22(13-23(28)29)27-25(31)32-14-20-18-10-4-2-8-16(18)17-9-3-5-11-19(17)20/h2-5,8-11,15,20-22H,6-7,12-14H2,1H3,(H,26,30)(H,27,31)(H,28,29). The highest BCUT2D eigenvalue weighted by Gasteiger charge is 2.32. The zero-order valence-corrected chi connectivity index (χ0v) is 18.0. The van der Waals surface area contributed by atoms with Crippen molar-refractivity contribution in [1.82, 2.24) is 10.6 Å². The number of fused-ring (bicyclic) bond motifs is 3. The molecule has 168 valence electrons. The zero-order chi connectivity index (χ0) is 22.7. The Morgan fingerprint density at radius 2 is 1.66 bits per heavy atom. The van der Waals surface area contributed by atoms with E-state index in [-0.39, 0.29) is 18.6 Å². The van der Waals surface area contributed by atoms with Crippen molar-refractivity contribution in [3.63, 3.8) is 0 Å². The van der Waals surface area contributed by atoms with Crippen LogP contribution in [0.5, 0.6) is 0 Å². The molecule has 3 atom stereocenters. The third-order valence-corrected chi connectivity index (χ3v) is 6.52. The van der Waals surface area contributed by atoms with E-state index >= 15 is 0 Å². The topological polar surface area (TPSA) is 105 Å². The van der Waals surface area contributed by atoms with Crippen molar-refractivity contribution < 1.29 is 24.2 Å². The maximum absolute atomic E-state index is 12.7. The van der Waals surface area contributed by atoms with Crippen LogP contribution >= 0.6 is 0 Å². The average Bonchev–Trinajstić information content (AvgIpc) is 3.32. The predicted molar refractivity (Wildman–Crippen MR) is 119 cm³/mol. The number of hydrogen-bond donors (Lipinski definition) is 3. The minimum absolute atomic E-state index is 0.00288. The Bertz CT molecular complexity index is 975. The number of carboxylic acid groups (broad SMARTS) is 1. The molecule has 7 heteroatoms. The predicted octanol–water partition coefficient (Wildman–Crippen LogP) is 3.67. The second-order valence-electron chi connectivity index (χ2n) is 8.64. The minimum Gasteiger partial charge on any atom is -0.481 e. The molecule has 2 amide bonds. The quantitative estimate of drug-likeness (QED) is 0.614. The van der Waals surface area contributed by atoms with E-state index in [9.17, 15) is 19.5 Å². The number of amides is 2. The highest BCUT2D eigenvalue weighted by atomic mass is 16.5. The molecule has 4 rings (SSSR count). The molecule has 2 aromatic rings. The van der Waals surface area contributed by atoms with Crippen LogP contribution < -0.4 is 10.6 Å². The first-order valence-corrected chi connectivity index (χ1v) is 11.1. The van der Waals surface area contributed by atoms with Crippen LogP contribution in [0.1, 0.15) is 49.7 Å². The zero-order valence-electron chi connectivity index (χ0n) is 18.0. The number of ether oxygens (including phenoxy) is 1. The Labute approximate surface area is 187 Å². The second kappa shape index (κ2) is 9.42. The molecule has 2 aliphatic carbocycles. The van der Waals surface area contributed by atoms with Crippen molar-refractivity contribution in [1.29, 1.82) is 0 Å². The molecule has 0 radical (unpaired) electrons. The maximum Gasteiger partial charge on any atom is 0.407 e. The Morgan fingerprint density at radius 3 is 2.22 bits per heavy atom. The van der Waals surface area contributed by atoms with Crippen molar-refractivity contribution >= 4 is 18.0 Å². The van der Waals surface area contributed by atoms with Crippen LogP contribution in [0, 0.1) is 5.92 Å². The van der Waals surface area contributed by atoms with Gasteiger partial charge in [-0.05, 0) is 41.0 Å². The van der Waals surface area contributed by atoms with Gasteiger partial charge >= 0.3 is 12.1 Å². The smallest absolute Gasteiger partial charge is 0.407 e. The summed E-state index contributed by atoms with van der Waals surface area (Å²) in [4.78, 5) is 36.4. The highest BCUT2D eigenvalue weighted by molar-refractivity contribution is 5.89.